The zero-order valence-corrected chi connectivity index (χ0v) is 21.2. The molecule has 2 aliphatic heterocycles. The summed E-state index contributed by atoms with van der Waals surface area (Å²) in [4.78, 5) is 39.0. The van der Waals surface area contributed by atoms with Gasteiger partial charge in [0.1, 0.15) is 28.4 Å². The van der Waals surface area contributed by atoms with Crippen LogP contribution in [-0.4, -0.2) is 49.2 Å². The zero-order chi connectivity index (χ0) is 20.2. The number of nitrogens with one attached hydrogen (secondary N) is 1. The molecule has 0 aliphatic carbocycles. The van der Waals surface area contributed by atoms with Crippen molar-refractivity contribution < 1.29 is 70.3 Å². The van der Waals surface area contributed by atoms with Crippen LogP contribution in [0.4, 0.5) is 0 Å². The molecular weight excluding hydrogens is 437 g/mol. The van der Waals surface area contributed by atoms with E-state index in [9.17, 15) is 14.4 Å². The van der Waals surface area contributed by atoms with E-state index in [1.807, 2.05) is 44.2 Å². The van der Waals surface area contributed by atoms with Gasteiger partial charge in [-0.25, -0.2) is 0 Å². The fourth-order valence-corrected chi connectivity index (χ4v) is 5.89. The maximum Gasteiger partial charge on any atom is 1.00 e. The van der Waals surface area contributed by atoms with Crippen molar-refractivity contribution in [2.75, 3.05) is 0 Å². The van der Waals surface area contributed by atoms with Gasteiger partial charge < -0.3 is 32.2 Å². The smallest absolute Gasteiger partial charge is 0.740 e. The van der Waals surface area contributed by atoms with Crippen LogP contribution in [0, 0.1) is 6.92 Å². The summed E-state index contributed by atoms with van der Waals surface area (Å²) in [6, 6.07) is 7.85. The van der Waals surface area contributed by atoms with Gasteiger partial charge >= 0.3 is 51.4 Å². The number of rotatable bonds is 4. The predicted octanol–water partition coefficient (Wildman–Crippen LogP) is -1.11. The first kappa shape index (κ1) is 22.9. The average Bonchev–Trinajstić information content (AvgIpc) is 3.15. The maximum atomic E-state index is 13.0. The molecule has 0 spiro atoms. The molecule has 1 aromatic carbocycles. The third kappa shape index (κ3) is 3.84. The second kappa shape index (κ2) is 8.41. The Bertz CT molecular complexity index is 979. The first-order valence-corrected chi connectivity index (χ1v) is 10.0. The Labute approximate surface area is 220 Å². The van der Waals surface area contributed by atoms with Crippen LogP contribution in [0.3, 0.4) is 0 Å². The Morgan fingerprint density at radius 1 is 1.28 bits per heavy atom. The standard InChI is InChI=1S/C19H19N3O4S2.K/c1-9-11(12(21-26-9)10-7-5-4-6-8-10)15(23)20-13-16(24)22-14(18(25)27)19(2,3)28-17(13)22;/h4-8,13-14,17H,1-3H3,(H,20,23)(H,25,27);/q;+1/p-1/t13-,14+,17-;/m1./s1. The van der Waals surface area contributed by atoms with Gasteiger partial charge in [0.05, 0.1) is 6.04 Å². The number of carbonyl (C=O) groups is 3. The van der Waals surface area contributed by atoms with Gasteiger partial charge in [-0.05, 0) is 20.8 Å². The number of aromatic nitrogens is 1. The van der Waals surface area contributed by atoms with E-state index in [2.05, 4.69) is 10.5 Å². The van der Waals surface area contributed by atoms with Crippen LogP contribution < -0.4 is 56.7 Å². The Kier molecular flexibility index (Phi) is 6.65. The number of hydrogen-bond donors (Lipinski definition) is 1. The molecule has 0 bridgehead atoms. The minimum absolute atomic E-state index is 0. The molecule has 2 saturated heterocycles. The monoisotopic (exact) mass is 455 g/mol. The second-order valence-corrected chi connectivity index (χ2v) is 9.53. The Balaban J connectivity index is 0.00000240. The number of aryl methyl sites for hydroxylation is 1. The third-order valence-electron chi connectivity index (χ3n) is 5.09. The van der Waals surface area contributed by atoms with Crippen molar-refractivity contribution in [3.63, 3.8) is 0 Å². The van der Waals surface area contributed by atoms with E-state index < -0.39 is 27.9 Å². The molecule has 2 amide bonds. The quantitative estimate of drug-likeness (QED) is 0.355. The molecule has 7 nitrogen and oxygen atoms in total. The molecule has 1 aromatic heterocycles. The molecule has 3 heterocycles. The normalized spacial score (nSPS) is 24.3. The van der Waals surface area contributed by atoms with Gasteiger partial charge in [0, 0.05) is 15.4 Å². The van der Waals surface area contributed by atoms with E-state index in [1.165, 1.54) is 16.7 Å². The fourth-order valence-electron chi connectivity index (χ4n) is 3.77. The fraction of sp³-hybridized carbons (Fsp3) is 0.368. The number of fused-ring (bicyclic) bond motifs is 1. The van der Waals surface area contributed by atoms with Gasteiger partial charge in [0.2, 0.25) is 5.91 Å². The number of hydrogen-bond acceptors (Lipinski definition) is 7. The van der Waals surface area contributed by atoms with Gasteiger partial charge in [-0.15, -0.1) is 11.8 Å². The molecule has 0 radical (unpaired) electrons. The number of amides is 2. The van der Waals surface area contributed by atoms with Crippen LogP contribution in [0.15, 0.2) is 34.9 Å². The summed E-state index contributed by atoms with van der Waals surface area (Å²) < 4.78 is 4.73. The van der Waals surface area contributed by atoms with E-state index >= 15 is 0 Å². The van der Waals surface area contributed by atoms with E-state index in [0.29, 0.717) is 17.0 Å². The zero-order valence-electron chi connectivity index (χ0n) is 16.5. The van der Waals surface area contributed by atoms with Gasteiger partial charge in [-0.2, -0.15) is 0 Å². The molecule has 0 unspecified atom stereocenters. The third-order valence-corrected chi connectivity index (χ3v) is 6.88. The molecule has 2 fully saturated rings. The van der Waals surface area contributed by atoms with E-state index in [-0.39, 0.29) is 62.7 Å². The topological polar surface area (TPSA) is 92.5 Å². The molecule has 146 valence electrons. The molecule has 2 aliphatic rings. The molecule has 10 heteroatoms. The summed E-state index contributed by atoms with van der Waals surface area (Å²) in [6.07, 6.45) is 0. The van der Waals surface area contributed by atoms with Crippen LogP contribution >= 0.6 is 11.8 Å². The van der Waals surface area contributed by atoms with Crippen molar-refractivity contribution in [2.45, 2.75) is 43.0 Å². The molecule has 3 atom stereocenters. The minimum atomic E-state index is -0.714. The van der Waals surface area contributed by atoms with Crippen LogP contribution in [0.5, 0.6) is 0 Å². The SMILES string of the molecule is Cc1onc(-c2ccccc2)c1C(=O)N[C@@H]1C(=O)N2[C@@H]1SC(C)(C)[C@@H]2C(=O)[S-].[K+]. The van der Waals surface area contributed by atoms with Crippen molar-refractivity contribution in [3.05, 3.63) is 41.7 Å². The van der Waals surface area contributed by atoms with E-state index in [1.54, 1.807) is 6.92 Å². The number of nitrogens with zero attached hydrogens (tertiary/aromatic N) is 2. The van der Waals surface area contributed by atoms with Crippen molar-refractivity contribution in [1.82, 2.24) is 15.4 Å². The summed E-state index contributed by atoms with van der Waals surface area (Å²) in [5, 5.41) is 6.02. The van der Waals surface area contributed by atoms with E-state index in [0.717, 1.165) is 5.56 Å². The van der Waals surface area contributed by atoms with Crippen LogP contribution in [0.2, 0.25) is 0 Å². The summed E-state index contributed by atoms with van der Waals surface area (Å²) in [5.41, 5.74) is 1.48. The molecule has 29 heavy (non-hydrogen) atoms. The van der Waals surface area contributed by atoms with Crippen LogP contribution in [-0.2, 0) is 22.2 Å². The minimum Gasteiger partial charge on any atom is -0.740 e. The van der Waals surface area contributed by atoms with E-state index in [4.69, 9.17) is 17.2 Å². The first-order chi connectivity index (χ1) is 13.2. The molecule has 4 rings (SSSR count). The summed E-state index contributed by atoms with van der Waals surface area (Å²) in [5.74, 6) is -0.352. The van der Waals surface area contributed by atoms with Crippen molar-refractivity contribution in [2.24, 2.45) is 0 Å². The number of carbonyl (C=O) groups excluding carboxylic acids is 3. The number of thioether (sulfide) groups is 1. The molecular formula is C19H18KN3O4S2. The Morgan fingerprint density at radius 3 is 2.55 bits per heavy atom. The van der Waals surface area contributed by atoms with Gasteiger partial charge in [-0.1, -0.05) is 35.5 Å². The predicted molar refractivity (Wildman–Crippen MR) is 106 cm³/mol. The maximum absolute atomic E-state index is 13.0. The van der Waals surface area contributed by atoms with Crippen molar-refractivity contribution >= 4 is 41.3 Å². The second-order valence-electron chi connectivity index (χ2n) is 7.36. The van der Waals surface area contributed by atoms with Gasteiger partial charge in [0.25, 0.3) is 5.91 Å². The van der Waals surface area contributed by atoms with Crippen molar-refractivity contribution in [1.29, 1.82) is 0 Å². The van der Waals surface area contributed by atoms with Gasteiger partial charge in [0.15, 0.2) is 0 Å². The summed E-state index contributed by atoms with van der Waals surface area (Å²) >= 11 is 6.30. The van der Waals surface area contributed by atoms with Crippen LogP contribution in [0.25, 0.3) is 11.3 Å². The first-order valence-electron chi connectivity index (χ1n) is 8.76. The summed E-state index contributed by atoms with van der Waals surface area (Å²) in [7, 11) is 0. The number of benzene rings is 1. The average molecular weight is 456 g/mol. The number of β-lactam (4-membered cyclic amide) rings is 1. The molecule has 0 saturated carbocycles. The van der Waals surface area contributed by atoms with Crippen molar-refractivity contribution in [3.8, 4) is 11.3 Å². The Hall–Kier alpha value is -0.754. The summed E-state index contributed by atoms with van der Waals surface area (Å²) in [6.45, 7) is 5.42. The molecule has 1 N–H and O–H groups in total. The molecule has 2 aromatic rings. The van der Waals surface area contributed by atoms with Gasteiger partial charge in [-0.3, -0.25) is 9.59 Å². The largest absolute Gasteiger partial charge is 1.00 e. The Morgan fingerprint density at radius 2 is 1.93 bits per heavy atom. The van der Waals surface area contributed by atoms with Crippen LogP contribution in [0.1, 0.15) is 30.0 Å².